The number of nitrogens with two attached hydrogens (primary N) is 1. The lowest BCUT2D eigenvalue weighted by atomic mass is 10.0. The number of carbonyl (C=O) groups excluding carboxylic acids is 1. The van der Waals surface area contributed by atoms with E-state index in [0.717, 1.165) is 0 Å². The molecule has 2 radical (unpaired) electrons. The van der Waals surface area contributed by atoms with Crippen molar-refractivity contribution in [3.8, 4) is 0 Å². The number of carbonyl (C=O) groups is 1. The average molecular weight is 132 g/mol. The summed E-state index contributed by atoms with van der Waals surface area (Å²) in [6.07, 6.45) is 0.575. The fourth-order valence-electron chi connectivity index (χ4n) is 0.596. The summed E-state index contributed by atoms with van der Waals surface area (Å²) < 4.78 is 0. The number of anilines is 1. The van der Waals surface area contributed by atoms with Gasteiger partial charge < -0.3 is 5.73 Å². The first-order valence-electron chi connectivity index (χ1n) is 2.71. The summed E-state index contributed by atoms with van der Waals surface area (Å²) in [6, 6.07) is 3.09. The molecular weight excluding hydrogens is 127 g/mol. The van der Waals surface area contributed by atoms with Crippen molar-refractivity contribution >= 4 is 25.4 Å². The van der Waals surface area contributed by atoms with E-state index < -0.39 is 0 Å². The maximum atomic E-state index is 10.2. The topological polar surface area (TPSA) is 56.0 Å². The second-order valence-electron chi connectivity index (χ2n) is 1.83. The predicted octanol–water partition coefficient (Wildman–Crippen LogP) is -0.730. The molecule has 1 rings (SSSR count). The molecule has 48 valence electrons. The van der Waals surface area contributed by atoms with Crippen LogP contribution in [-0.4, -0.2) is 19.1 Å². The molecule has 0 bridgehead atoms. The Morgan fingerprint density at radius 3 is 2.80 bits per heavy atom. The third-order valence-corrected chi connectivity index (χ3v) is 1.09. The third-order valence-electron chi connectivity index (χ3n) is 1.09. The summed E-state index contributed by atoms with van der Waals surface area (Å²) in [5.41, 5.74) is 6.20. The Bertz CT molecular complexity index is 262. The highest BCUT2D eigenvalue weighted by molar-refractivity contribution is 6.30. The van der Waals surface area contributed by atoms with E-state index in [1.807, 2.05) is 0 Å². The van der Waals surface area contributed by atoms with Gasteiger partial charge in [-0.3, -0.25) is 9.78 Å². The standard InChI is InChI=1S/C6H5BN2O/c7-6-2-1-4(8)5(3-10)9-6/h1-3H,8H2. The van der Waals surface area contributed by atoms with Crippen molar-refractivity contribution < 1.29 is 4.79 Å². The van der Waals surface area contributed by atoms with Crippen molar-refractivity contribution in [1.82, 2.24) is 4.98 Å². The molecule has 0 unspecified atom stereocenters. The first-order valence-corrected chi connectivity index (χ1v) is 2.71. The van der Waals surface area contributed by atoms with Crippen LogP contribution in [0.15, 0.2) is 12.1 Å². The minimum Gasteiger partial charge on any atom is -0.397 e. The molecule has 0 spiro atoms. The number of hydrogen-bond donors (Lipinski definition) is 1. The van der Waals surface area contributed by atoms with E-state index in [1.54, 1.807) is 12.1 Å². The molecule has 1 aromatic rings. The smallest absolute Gasteiger partial charge is 0.170 e. The van der Waals surface area contributed by atoms with Crippen LogP contribution < -0.4 is 11.3 Å². The van der Waals surface area contributed by atoms with Crippen LogP contribution in [0.1, 0.15) is 10.5 Å². The number of aromatic nitrogens is 1. The van der Waals surface area contributed by atoms with Crippen LogP contribution in [0.25, 0.3) is 0 Å². The van der Waals surface area contributed by atoms with E-state index in [9.17, 15) is 4.79 Å². The van der Waals surface area contributed by atoms with E-state index in [1.165, 1.54) is 0 Å². The Morgan fingerprint density at radius 1 is 1.60 bits per heavy atom. The summed E-state index contributed by atoms with van der Waals surface area (Å²) in [4.78, 5) is 13.9. The highest BCUT2D eigenvalue weighted by Crippen LogP contribution is 2.00. The minimum absolute atomic E-state index is 0.194. The molecule has 10 heavy (non-hydrogen) atoms. The van der Waals surface area contributed by atoms with Gasteiger partial charge in [-0.1, -0.05) is 0 Å². The van der Waals surface area contributed by atoms with E-state index in [-0.39, 0.29) is 5.69 Å². The largest absolute Gasteiger partial charge is 0.397 e. The van der Waals surface area contributed by atoms with Gasteiger partial charge in [0.05, 0.1) is 5.69 Å². The van der Waals surface area contributed by atoms with E-state index in [0.29, 0.717) is 17.6 Å². The van der Waals surface area contributed by atoms with E-state index >= 15 is 0 Å². The summed E-state index contributed by atoms with van der Waals surface area (Å²) in [7, 11) is 5.28. The molecule has 4 heteroatoms. The van der Waals surface area contributed by atoms with Gasteiger partial charge in [-0.2, -0.15) is 0 Å². The molecule has 0 aromatic carbocycles. The Hall–Kier alpha value is -1.32. The molecule has 0 saturated heterocycles. The highest BCUT2D eigenvalue weighted by atomic mass is 16.1. The zero-order valence-electron chi connectivity index (χ0n) is 5.24. The maximum Gasteiger partial charge on any atom is 0.170 e. The SMILES string of the molecule is [B]c1ccc(N)c(C=O)n1. The molecule has 0 aliphatic heterocycles. The third kappa shape index (κ3) is 1.15. The summed E-state index contributed by atoms with van der Waals surface area (Å²) >= 11 is 0. The van der Waals surface area contributed by atoms with Gasteiger partial charge in [-0.05, 0) is 17.7 Å². The van der Waals surface area contributed by atoms with Crippen molar-refractivity contribution in [3.05, 3.63) is 17.8 Å². The number of nitrogen functional groups attached to an aromatic ring is 1. The van der Waals surface area contributed by atoms with E-state index in [4.69, 9.17) is 13.6 Å². The van der Waals surface area contributed by atoms with Gasteiger partial charge in [-0.15, -0.1) is 0 Å². The molecule has 1 aromatic heterocycles. The molecule has 1 heterocycles. The Balaban J connectivity index is 3.21. The van der Waals surface area contributed by atoms with Crippen LogP contribution in [0.2, 0.25) is 0 Å². The average Bonchev–Trinajstić information content (AvgIpc) is 1.94. The van der Waals surface area contributed by atoms with Gasteiger partial charge in [-0.25, -0.2) is 0 Å². The lowest BCUT2D eigenvalue weighted by molar-refractivity contribution is 0.112. The maximum absolute atomic E-state index is 10.2. The first kappa shape index (κ1) is 6.80. The second-order valence-corrected chi connectivity index (χ2v) is 1.83. The first-order chi connectivity index (χ1) is 4.74. The zero-order valence-corrected chi connectivity index (χ0v) is 5.24. The van der Waals surface area contributed by atoms with Crippen molar-refractivity contribution in [2.45, 2.75) is 0 Å². The van der Waals surface area contributed by atoms with Crippen molar-refractivity contribution in [2.24, 2.45) is 0 Å². The molecular formula is C6H5BN2O. The summed E-state index contributed by atoms with van der Waals surface area (Å²) in [6.45, 7) is 0. The molecule has 2 N–H and O–H groups in total. The normalized spacial score (nSPS) is 9.20. The molecule has 3 nitrogen and oxygen atoms in total. The number of hydrogen-bond acceptors (Lipinski definition) is 3. The summed E-state index contributed by atoms with van der Waals surface area (Å²) in [5.74, 6) is 0. The second kappa shape index (κ2) is 2.52. The van der Waals surface area contributed by atoms with Crippen LogP contribution in [0.3, 0.4) is 0 Å². The number of nitrogens with zero attached hydrogens (tertiary/aromatic N) is 1. The Kier molecular flexibility index (Phi) is 1.71. The monoisotopic (exact) mass is 132 g/mol. The van der Waals surface area contributed by atoms with Crippen LogP contribution in [0.4, 0.5) is 5.69 Å². The van der Waals surface area contributed by atoms with Gasteiger partial charge in [0.1, 0.15) is 13.5 Å². The van der Waals surface area contributed by atoms with Gasteiger partial charge in [0.2, 0.25) is 0 Å². The lowest BCUT2D eigenvalue weighted by Crippen LogP contribution is -2.11. The number of pyridine rings is 1. The Morgan fingerprint density at radius 2 is 2.30 bits per heavy atom. The van der Waals surface area contributed by atoms with Crippen molar-refractivity contribution in [1.29, 1.82) is 0 Å². The Labute approximate surface area is 59.7 Å². The van der Waals surface area contributed by atoms with Gasteiger partial charge >= 0.3 is 0 Å². The van der Waals surface area contributed by atoms with Gasteiger partial charge in [0, 0.05) is 0 Å². The van der Waals surface area contributed by atoms with Gasteiger partial charge in [0.15, 0.2) is 6.29 Å². The lowest BCUT2D eigenvalue weighted by Gasteiger charge is -1.96. The molecule has 0 aliphatic rings. The van der Waals surface area contributed by atoms with Crippen molar-refractivity contribution in [2.75, 3.05) is 5.73 Å². The molecule has 0 amide bonds. The minimum atomic E-state index is 0.194. The molecule has 0 saturated carbocycles. The number of rotatable bonds is 1. The van der Waals surface area contributed by atoms with Crippen LogP contribution in [-0.2, 0) is 0 Å². The quantitative estimate of drug-likeness (QED) is 0.404. The van der Waals surface area contributed by atoms with Gasteiger partial charge in [0.25, 0.3) is 0 Å². The van der Waals surface area contributed by atoms with Crippen molar-refractivity contribution in [3.63, 3.8) is 0 Å². The zero-order chi connectivity index (χ0) is 7.56. The summed E-state index contributed by atoms with van der Waals surface area (Å²) in [5, 5.41) is 0. The molecule has 0 fully saturated rings. The van der Waals surface area contributed by atoms with Crippen LogP contribution in [0.5, 0.6) is 0 Å². The molecule has 0 atom stereocenters. The fourth-order valence-corrected chi connectivity index (χ4v) is 0.596. The number of aldehydes is 1. The van der Waals surface area contributed by atoms with Crippen LogP contribution >= 0.6 is 0 Å². The highest BCUT2D eigenvalue weighted by Gasteiger charge is 1.96. The molecule has 0 aliphatic carbocycles. The van der Waals surface area contributed by atoms with E-state index in [2.05, 4.69) is 4.98 Å². The fraction of sp³-hybridized carbons (Fsp3) is 0. The van der Waals surface area contributed by atoms with Crippen LogP contribution in [0, 0.1) is 0 Å². The predicted molar refractivity (Wildman–Crippen MR) is 39.4 cm³/mol.